The van der Waals surface area contributed by atoms with Crippen molar-refractivity contribution in [1.82, 2.24) is 20.4 Å². The summed E-state index contributed by atoms with van der Waals surface area (Å²) in [4.78, 5) is 13.6. The highest BCUT2D eigenvalue weighted by Gasteiger charge is 2.21. The number of nitrogens with one attached hydrogen (secondary N) is 2. The first kappa shape index (κ1) is 19.4. The van der Waals surface area contributed by atoms with E-state index in [4.69, 9.17) is 0 Å². The zero-order valence-electron chi connectivity index (χ0n) is 14.3. The van der Waals surface area contributed by atoms with Crippen LogP contribution in [0.2, 0.25) is 0 Å². The van der Waals surface area contributed by atoms with Gasteiger partial charge in [-0.3, -0.25) is 9.89 Å². The number of likely N-dealkylation sites (tertiary alicyclic amines) is 1. The molecule has 1 aliphatic heterocycles. The van der Waals surface area contributed by atoms with Crippen LogP contribution >= 0.6 is 12.4 Å². The molecule has 0 spiro atoms. The van der Waals surface area contributed by atoms with E-state index in [1.165, 1.54) is 12.1 Å². The Kier molecular flexibility index (Phi) is 6.96. The molecule has 0 bridgehead atoms. The lowest BCUT2D eigenvalue weighted by atomic mass is 10.1. The molecular weight excluding hydrogens is 343 g/mol. The molecule has 1 fully saturated rings. The van der Waals surface area contributed by atoms with Gasteiger partial charge in [0.15, 0.2) is 0 Å². The van der Waals surface area contributed by atoms with Crippen molar-refractivity contribution in [3.63, 3.8) is 0 Å². The molecule has 25 heavy (non-hydrogen) atoms. The minimum Gasteiger partial charge on any atom is -0.342 e. The molecule has 2 N–H and O–H groups in total. The minimum absolute atomic E-state index is 0. The van der Waals surface area contributed by atoms with Crippen molar-refractivity contribution >= 4 is 18.3 Å². The molecule has 7 heteroatoms. The summed E-state index contributed by atoms with van der Waals surface area (Å²) in [5.74, 6) is 0.423. The fraction of sp³-hybridized carbons (Fsp3) is 0.444. The molecule has 2 heterocycles. The quantitative estimate of drug-likeness (QED) is 0.792. The maximum atomic E-state index is 13.0. The number of amides is 1. The number of aromatic amines is 1. The van der Waals surface area contributed by atoms with Gasteiger partial charge >= 0.3 is 0 Å². The van der Waals surface area contributed by atoms with Crippen LogP contribution in [0.1, 0.15) is 25.3 Å². The SMILES string of the molecule is CC(CNCc1cn[nH]c1-c1ccc(F)cc1)CN1CCCC1=O.Cl. The van der Waals surface area contributed by atoms with E-state index in [1.807, 2.05) is 4.90 Å². The van der Waals surface area contributed by atoms with Crippen LogP contribution in [0.3, 0.4) is 0 Å². The molecule has 1 aliphatic rings. The number of hydrogen-bond acceptors (Lipinski definition) is 3. The molecule has 0 saturated carbocycles. The first-order valence-corrected chi connectivity index (χ1v) is 8.40. The summed E-state index contributed by atoms with van der Waals surface area (Å²) in [6.07, 6.45) is 3.46. The topological polar surface area (TPSA) is 61.0 Å². The molecule has 1 aromatic heterocycles. The van der Waals surface area contributed by atoms with Crippen molar-refractivity contribution in [2.45, 2.75) is 26.3 Å². The minimum atomic E-state index is -0.247. The lowest BCUT2D eigenvalue weighted by Crippen LogP contribution is -2.34. The first-order valence-electron chi connectivity index (χ1n) is 8.40. The van der Waals surface area contributed by atoms with Crippen molar-refractivity contribution in [3.8, 4) is 11.3 Å². The highest BCUT2D eigenvalue weighted by Crippen LogP contribution is 2.21. The lowest BCUT2D eigenvalue weighted by Gasteiger charge is -2.21. The smallest absolute Gasteiger partial charge is 0.222 e. The Labute approximate surface area is 153 Å². The third-order valence-corrected chi connectivity index (χ3v) is 4.36. The second-order valence-electron chi connectivity index (χ2n) is 6.46. The van der Waals surface area contributed by atoms with Gasteiger partial charge in [0.2, 0.25) is 5.91 Å². The van der Waals surface area contributed by atoms with E-state index in [2.05, 4.69) is 22.4 Å². The molecular formula is C18H24ClFN4O. The number of aromatic nitrogens is 2. The van der Waals surface area contributed by atoms with E-state index < -0.39 is 0 Å². The average molecular weight is 367 g/mol. The van der Waals surface area contributed by atoms with Crippen molar-refractivity contribution in [3.05, 3.63) is 41.8 Å². The summed E-state index contributed by atoms with van der Waals surface area (Å²) < 4.78 is 13.0. The van der Waals surface area contributed by atoms with E-state index in [0.29, 0.717) is 18.9 Å². The van der Waals surface area contributed by atoms with Crippen LogP contribution < -0.4 is 5.32 Å². The Balaban J connectivity index is 0.00000225. The fourth-order valence-electron chi connectivity index (χ4n) is 3.10. The van der Waals surface area contributed by atoms with Gasteiger partial charge in [0.1, 0.15) is 5.82 Å². The molecule has 1 aromatic carbocycles. The van der Waals surface area contributed by atoms with Crippen molar-refractivity contribution in [1.29, 1.82) is 0 Å². The number of halogens is 2. The van der Waals surface area contributed by atoms with Gasteiger partial charge in [-0.15, -0.1) is 12.4 Å². The molecule has 2 aromatic rings. The maximum Gasteiger partial charge on any atom is 0.222 e. The molecule has 136 valence electrons. The zero-order chi connectivity index (χ0) is 16.9. The van der Waals surface area contributed by atoms with Gasteiger partial charge < -0.3 is 10.2 Å². The third-order valence-electron chi connectivity index (χ3n) is 4.36. The predicted octanol–water partition coefficient (Wildman–Crippen LogP) is 2.99. The van der Waals surface area contributed by atoms with Crippen LogP contribution in [0.4, 0.5) is 4.39 Å². The van der Waals surface area contributed by atoms with Crippen molar-refractivity contribution < 1.29 is 9.18 Å². The molecule has 1 saturated heterocycles. The Morgan fingerprint density at radius 2 is 2.12 bits per heavy atom. The van der Waals surface area contributed by atoms with E-state index in [0.717, 1.165) is 42.9 Å². The number of carbonyl (C=O) groups is 1. The Bertz CT molecular complexity index is 689. The third kappa shape index (κ3) is 5.03. The Hall–Kier alpha value is -1.92. The van der Waals surface area contributed by atoms with Gasteiger partial charge in [-0.2, -0.15) is 5.10 Å². The van der Waals surface area contributed by atoms with Crippen LogP contribution in [0.5, 0.6) is 0 Å². The van der Waals surface area contributed by atoms with Crippen LogP contribution in [0.15, 0.2) is 30.5 Å². The summed E-state index contributed by atoms with van der Waals surface area (Å²) in [7, 11) is 0. The van der Waals surface area contributed by atoms with Crippen LogP contribution in [-0.2, 0) is 11.3 Å². The highest BCUT2D eigenvalue weighted by atomic mass is 35.5. The van der Waals surface area contributed by atoms with Gasteiger partial charge in [0, 0.05) is 37.2 Å². The summed E-state index contributed by atoms with van der Waals surface area (Å²) in [6.45, 7) is 5.36. The van der Waals surface area contributed by atoms with Crippen LogP contribution in [-0.4, -0.2) is 40.6 Å². The van der Waals surface area contributed by atoms with Gasteiger partial charge in [-0.1, -0.05) is 6.92 Å². The number of benzene rings is 1. The number of nitrogens with zero attached hydrogens (tertiary/aromatic N) is 2. The second kappa shape index (κ2) is 8.97. The summed E-state index contributed by atoms with van der Waals surface area (Å²) in [5, 5.41) is 10.5. The van der Waals surface area contributed by atoms with E-state index >= 15 is 0 Å². The van der Waals surface area contributed by atoms with E-state index in [1.54, 1.807) is 18.3 Å². The van der Waals surface area contributed by atoms with Crippen molar-refractivity contribution in [2.24, 2.45) is 5.92 Å². The summed E-state index contributed by atoms with van der Waals surface area (Å²) in [5.41, 5.74) is 2.87. The summed E-state index contributed by atoms with van der Waals surface area (Å²) in [6, 6.07) is 6.38. The van der Waals surface area contributed by atoms with Crippen LogP contribution in [0, 0.1) is 11.7 Å². The molecule has 1 amide bonds. The van der Waals surface area contributed by atoms with Crippen LogP contribution in [0.25, 0.3) is 11.3 Å². The molecule has 0 radical (unpaired) electrons. The number of rotatable bonds is 7. The Morgan fingerprint density at radius 1 is 1.36 bits per heavy atom. The zero-order valence-corrected chi connectivity index (χ0v) is 15.1. The molecule has 3 rings (SSSR count). The predicted molar refractivity (Wildman–Crippen MR) is 97.9 cm³/mol. The number of hydrogen-bond donors (Lipinski definition) is 2. The molecule has 1 unspecified atom stereocenters. The standard InChI is InChI=1S/C18H23FN4O.ClH/c1-13(12-23-8-2-3-17(23)24)9-20-10-15-11-21-22-18(15)14-4-6-16(19)7-5-14;/h4-7,11,13,20H,2-3,8-10,12H2,1H3,(H,21,22);1H. The summed E-state index contributed by atoms with van der Waals surface area (Å²) >= 11 is 0. The second-order valence-corrected chi connectivity index (χ2v) is 6.46. The van der Waals surface area contributed by atoms with E-state index in [9.17, 15) is 9.18 Å². The lowest BCUT2D eigenvalue weighted by molar-refractivity contribution is -0.128. The van der Waals surface area contributed by atoms with E-state index in [-0.39, 0.29) is 24.1 Å². The molecule has 1 atom stereocenters. The molecule has 5 nitrogen and oxygen atoms in total. The van der Waals surface area contributed by atoms with Gasteiger partial charge in [0.25, 0.3) is 0 Å². The van der Waals surface area contributed by atoms with Crippen molar-refractivity contribution in [2.75, 3.05) is 19.6 Å². The monoisotopic (exact) mass is 366 g/mol. The van der Waals surface area contributed by atoms with Gasteiger partial charge in [-0.25, -0.2) is 4.39 Å². The van der Waals surface area contributed by atoms with Gasteiger partial charge in [-0.05, 0) is 43.1 Å². The Morgan fingerprint density at radius 3 is 2.80 bits per heavy atom. The number of H-pyrrole nitrogens is 1. The average Bonchev–Trinajstić information content (AvgIpc) is 3.18. The fourth-order valence-corrected chi connectivity index (χ4v) is 3.10. The number of carbonyl (C=O) groups excluding carboxylic acids is 1. The molecule has 0 aliphatic carbocycles. The maximum absolute atomic E-state index is 13.0. The normalized spacial score (nSPS) is 15.3. The highest BCUT2D eigenvalue weighted by molar-refractivity contribution is 5.85. The largest absolute Gasteiger partial charge is 0.342 e. The first-order chi connectivity index (χ1) is 11.6. The van der Waals surface area contributed by atoms with Gasteiger partial charge in [0.05, 0.1) is 11.9 Å².